The number of ether oxygens (including phenoxy) is 1. The zero-order valence-electron chi connectivity index (χ0n) is 18.7. The third-order valence-corrected chi connectivity index (χ3v) is 4.82. The van der Waals surface area contributed by atoms with Crippen molar-refractivity contribution in [2.75, 3.05) is 19.4 Å². The van der Waals surface area contributed by atoms with Gasteiger partial charge in [0.15, 0.2) is 0 Å². The molecule has 0 saturated carbocycles. The Morgan fingerprint density at radius 3 is 2.61 bits per heavy atom. The van der Waals surface area contributed by atoms with Crippen LogP contribution < -0.4 is 21.1 Å². The molecule has 8 nitrogen and oxygen atoms in total. The first kappa shape index (κ1) is 23.2. The van der Waals surface area contributed by atoms with Crippen LogP contribution in [0.5, 0.6) is 11.5 Å². The number of amides is 1. The summed E-state index contributed by atoms with van der Waals surface area (Å²) < 4.78 is 6.00. The van der Waals surface area contributed by atoms with Crippen LogP contribution in [-0.2, 0) is 0 Å². The molecule has 0 fully saturated rings. The van der Waals surface area contributed by atoms with Crippen molar-refractivity contribution in [2.45, 2.75) is 6.92 Å². The molecule has 0 unspecified atom stereocenters. The van der Waals surface area contributed by atoms with Gasteiger partial charge in [0.2, 0.25) is 0 Å². The van der Waals surface area contributed by atoms with Crippen molar-refractivity contribution < 1.29 is 9.53 Å². The van der Waals surface area contributed by atoms with Crippen LogP contribution >= 0.6 is 0 Å². The summed E-state index contributed by atoms with van der Waals surface area (Å²) in [4.78, 5) is 20.8. The van der Waals surface area contributed by atoms with Gasteiger partial charge in [0.1, 0.15) is 17.3 Å². The van der Waals surface area contributed by atoms with Gasteiger partial charge in [-0.25, -0.2) is 0 Å². The molecule has 0 spiro atoms. The molecule has 8 heteroatoms. The van der Waals surface area contributed by atoms with Crippen LogP contribution in [0.15, 0.2) is 72.0 Å². The van der Waals surface area contributed by atoms with Gasteiger partial charge in [0, 0.05) is 61.0 Å². The van der Waals surface area contributed by atoms with Gasteiger partial charge in [-0.05, 0) is 55.1 Å². The topological polar surface area (TPSA) is 125 Å². The predicted molar refractivity (Wildman–Crippen MR) is 133 cm³/mol. The number of amidine groups is 1. The number of hydrogen-bond donors (Lipinski definition) is 4. The second-order valence-corrected chi connectivity index (χ2v) is 7.12. The molecule has 0 aliphatic carbocycles. The average molecular weight is 443 g/mol. The van der Waals surface area contributed by atoms with E-state index in [9.17, 15) is 4.79 Å². The largest absolute Gasteiger partial charge is 0.457 e. The van der Waals surface area contributed by atoms with Crippen LogP contribution in [0, 0.1) is 12.3 Å². The van der Waals surface area contributed by atoms with E-state index in [0.717, 1.165) is 22.4 Å². The van der Waals surface area contributed by atoms with Crippen LogP contribution in [0.1, 0.15) is 21.5 Å². The number of rotatable bonds is 8. The number of carbonyl (C=O) groups excluding carboxylic acids is 1. The second kappa shape index (κ2) is 10.7. The Balaban J connectivity index is 1.83. The number of nitrogens with two attached hydrogens (primary N) is 1. The molecule has 0 aliphatic heterocycles. The van der Waals surface area contributed by atoms with Crippen molar-refractivity contribution in [3.05, 3.63) is 83.7 Å². The van der Waals surface area contributed by atoms with Crippen LogP contribution in [-0.4, -0.2) is 37.0 Å². The number of pyridine rings is 1. The van der Waals surface area contributed by atoms with Crippen molar-refractivity contribution >= 4 is 23.6 Å². The molecule has 0 bridgehead atoms. The third kappa shape index (κ3) is 5.82. The summed E-state index contributed by atoms with van der Waals surface area (Å²) in [6, 6.07) is 14.5. The Labute approximate surface area is 192 Å². The summed E-state index contributed by atoms with van der Waals surface area (Å²) >= 11 is 0. The maximum Gasteiger partial charge on any atom is 0.279 e. The Morgan fingerprint density at radius 2 is 1.91 bits per heavy atom. The van der Waals surface area contributed by atoms with Crippen molar-refractivity contribution in [2.24, 2.45) is 10.7 Å². The summed E-state index contributed by atoms with van der Waals surface area (Å²) in [5.41, 5.74) is 10.1. The van der Waals surface area contributed by atoms with Crippen molar-refractivity contribution in [3.8, 4) is 22.8 Å². The summed E-state index contributed by atoms with van der Waals surface area (Å²) in [7, 11) is 3.53. The summed E-state index contributed by atoms with van der Waals surface area (Å²) in [5.74, 6) is 0.980. The molecule has 0 aliphatic rings. The highest BCUT2D eigenvalue weighted by Gasteiger charge is 2.11. The molecule has 5 N–H and O–H groups in total. The lowest BCUT2D eigenvalue weighted by molar-refractivity contribution is 0.100. The molecule has 3 rings (SSSR count). The predicted octanol–water partition coefficient (Wildman–Crippen LogP) is 4.12. The van der Waals surface area contributed by atoms with Crippen molar-refractivity contribution in [1.82, 2.24) is 10.3 Å². The molecule has 168 valence electrons. The van der Waals surface area contributed by atoms with Crippen LogP contribution in [0.3, 0.4) is 0 Å². The molecule has 0 atom stereocenters. The zero-order valence-corrected chi connectivity index (χ0v) is 18.7. The number of aryl methyl sites for hydroxylation is 1. The SMILES string of the molecule is CN/C=C\C(N)=NC(=O)c1ccc(-c2cc(Oc3ccc(C=N)c(NC)c3)ccn2)cc1C. The first-order chi connectivity index (χ1) is 15.9. The highest BCUT2D eigenvalue weighted by atomic mass is 16.5. The van der Waals surface area contributed by atoms with E-state index < -0.39 is 5.91 Å². The van der Waals surface area contributed by atoms with E-state index in [-0.39, 0.29) is 5.84 Å². The van der Waals surface area contributed by atoms with Gasteiger partial charge in [-0.1, -0.05) is 6.07 Å². The molecular formula is C25H26N6O2. The summed E-state index contributed by atoms with van der Waals surface area (Å²) in [5, 5.41) is 13.3. The Bertz CT molecular complexity index is 1230. The van der Waals surface area contributed by atoms with Crippen molar-refractivity contribution in [1.29, 1.82) is 5.41 Å². The van der Waals surface area contributed by atoms with Gasteiger partial charge >= 0.3 is 0 Å². The first-order valence-electron chi connectivity index (χ1n) is 10.2. The molecule has 3 aromatic rings. The van der Waals surface area contributed by atoms with E-state index in [0.29, 0.717) is 22.8 Å². The Morgan fingerprint density at radius 1 is 1.12 bits per heavy atom. The lowest BCUT2D eigenvalue weighted by atomic mass is 10.0. The number of carbonyl (C=O) groups is 1. The van der Waals surface area contributed by atoms with E-state index in [1.165, 1.54) is 12.3 Å². The zero-order chi connectivity index (χ0) is 23.8. The summed E-state index contributed by atoms with van der Waals surface area (Å²) in [6.45, 7) is 1.84. The standard InChI is InChI=1S/C25H26N6O2/c1-16-12-17(5-7-21(16)25(32)31-24(27)9-10-28-2)23-14-20(8-11-30-23)33-19-6-4-18(15-26)22(13-19)29-3/h4-15,26,28-29H,1-3H3,(H2,27,31,32)/b10-9-,26-15?. The van der Waals surface area contributed by atoms with Gasteiger partial charge in [0.05, 0.1) is 5.69 Å². The molecule has 0 saturated heterocycles. The minimum absolute atomic E-state index is 0.124. The van der Waals surface area contributed by atoms with E-state index in [2.05, 4.69) is 20.6 Å². The maximum absolute atomic E-state index is 12.5. The van der Waals surface area contributed by atoms with Gasteiger partial charge in [-0.3, -0.25) is 9.78 Å². The van der Waals surface area contributed by atoms with E-state index in [1.807, 2.05) is 43.3 Å². The van der Waals surface area contributed by atoms with Gasteiger partial charge in [0.25, 0.3) is 5.91 Å². The number of benzene rings is 2. The molecule has 2 aromatic carbocycles. The minimum Gasteiger partial charge on any atom is -0.457 e. The van der Waals surface area contributed by atoms with E-state index in [1.54, 1.807) is 38.6 Å². The third-order valence-electron chi connectivity index (χ3n) is 4.82. The lowest BCUT2D eigenvalue weighted by Gasteiger charge is -2.11. The molecule has 33 heavy (non-hydrogen) atoms. The fourth-order valence-corrected chi connectivity index (χ4v) is 3.16. The number of aromatic nitrogens is 1. The molecule has 1 heterocycles. The number of anilines is 1. The number of hydrogen-bond acceptors (Lipinski definition) is 6. The fraction of sp³-hybridized carbons (Fsp3) is 0.120. The average Bonchev–Trinajstić information content (AvgIpc) is 2.82. The van der Waals surface area contributed by atoms with E-state index >= 15 is 0 Å². The second-order valence-electron chi connectivity index (χ2n) is 7.12. The van der Waals surface area contributed by atoms with Crippen LogP contribution in [0.25, 0.3) is 11.3 Å². The quantitative estimate of drug-likeness (QED) is 0.307. The fourth-order valence-electron chi connectivity index (χ4n) is 3.16. The van der Waals surface area contributed by atoms with Crippen LogP contribution in [0.2, 0.25) is 0 Å². The van der Waals surface area contributed by atoms with Gasteiger partial charge in [-0.15, -0.1) is 0 Å². The number of aliphatic imine (C=N–C) groups is 1. The molecule has 0 radical (unpaired) electrons. The smallest absolute Gasteiger partial charge is 0.279 e. The first-order valence-corrected chi connectivity index (χ1v) is 10.2. The normalized spacial score (nSPS) is 11.3. The summed E-state index contributed by atoms with van der Waals surface area (Å²) in [6.07, 6.45) is 6.08. The van der Waals surface area contributed by atoms with Crippen molar-refractivity contribution in [3.63, 3.8) is 0 Å². The lowest BCUT2D eigenvalue weighted by Crippen LogP contribution is -2.13. The highest BCUT2D eigenvalue weighted by molar-refractivity contribution is 6.07. The Kier molecular flexibility index (Phi) is 7.54. The van der Waals surface area contributed by atoms with Gasteiger partial charge in [-0.2, -0.15) is 4.99 Å². The number of nitrogens with one attached hydrogen (secondary N) is 3. The molecule has 1 aromatic heterocycles. The van der Waals surface area contributed by atoms with Gasteiger partial charge < -0.3 is 26.5 Å². The van der Waals surface area contributed by atoms with Crippen LogP contribution in [0.4, 0.5) is 5.69 Å². The maximum atomic E-state index is 12.5. The molecular weight excluding hydrogens is 416 g/mol. The molecule has 1 amide bonds. The highest BCUT2D eigenvalue weighted by Crippen LogP contribution is 2.29. The monoisotopic (exact) mass is 442 g/mol. The van der Waals surface area contributed by atoms with E-state index in [4.69, 9.17) is 15.9 Å². The minimum atomic E-state index is -0.406. The number of nitrogens with zero attached hydrogens (tertiary/aromatic N) is 2. The Hall–Kier alpha value is -4.46.